The molecule has 0 aromatic heterocycles. The van der Waals surface area contributed by atoms with Gasteiger partial charge in [-0.1, -0.05) is 29.8 Å². The number of rotatable bonds is 4. The maximum absolute atomic E-state index is 12.8. The zero-order valence-corrected chi connectivity index (χ0v) is 15.1. The molecular formula is C20H19ClN2O3. The number of hydrogen-bond donors (Lipinski definition) is 1. The Hall–Kier alpha value is -2.39. The lowest BCUT2D eigenvalue weighted by atomic mass is 10.0. The molecular weight excluding hydrogens is 352 g/mol. The van der Waals surface area contributed by atoms with Crippen LogP contribution >= 0.6 is 11.6 Å². The number of nitriles is 1. The summed E-state index contributed by atoms with van der Waals surface area (Å²) in [7, 11) is 0. The number of benzene rings is 2. The third-order valence-corrected chi connectivity index (χ3v) is 4.89. The van der Waals surface area contributed by atoms with Gasteiger partial charge in [0, 0.05) is 12.1 Å². The summed E-state index contributed by atoms with van der Waals surface area (Å²) in [5, 5.41) is 19.4. The quantitative estimate of drug-likeness (QED) is 0.897. The molecule has 1 saturated heterocycles. The summed E-state index contributed by atoms with van der Waals surface area (Å²) >= 11 is 6.09. The van der Waals surface area contributed by atoms with Crippen molar-refractivity contribution in [3.05, 3.63) is 58.6 Å². The lowest BCUT2D eigenvalue weighted by Gasteiger charge is -2.28. The van der Waals surface area contributed by atoms with Crippen molar-refractivity contribution in [1.29, 1.82) is 5.26 Å². The van der Waals surface area contributed by atoms with Crippen LogP contribution in [0, 0.1) is 11.3 Å². The van der Waals surface area contributed by atoms with Crippen molar-refractivity contribution in [2.75, 3.05) is 19.8 Å². The maximum atomic E-state index is 12.8. The van der Waals surface area contributed by atoms with Crippen LogP contribution in [0.25, 0.3) is 11.1 Å². The van der Waals surface area contributed by atoms with E-state index in [9.17, 15) is 9.90 Å². The molecule has 26 heavy (non-hydrogen) atoms. The molecule has 2 aromatic rings. The van der Waals surface area contributed by atoms with Crippen LogP contribution < -0.4 is 0 Å². The van der Waals surface area contributed by atoms with Crippen LogP contribution in [0.2, 0.25) is 5.02 Å². The van der Waals surface area contributed by atoms with Gasteiger partial charge in [-0.15, -0.1) is 0 Å². The zero-order valence-electron chi connectivity index (χ0n) is 14.4. The van der Waals surface area contributed by atoms with Crippen molar-refractivity contribution >= 4 is 17.5 Å². The van der Waals surface area contributed by atoms with Gasteiger partial charge in [0.2, 0.25) is 0 Å². The highest BCUT2D eigenvalue weighted by atomic mass is 35.5. The molecule has 5 nitrogen and oxygen atoms in total. The van der Waals surface area contributed by atoms with Crippen LogP contribution in [-0.2, 0) is 4.74 Å². The SMILES string of the molecule is CCN(C(=O)c1ccc(-c2ccc(C#N)c(Cl)c2)cc1)[C@H]1COC[C@@H]1O. The Morgan fingerprint density at radius 3 is 2.50 bits per heavy atom. The summed E-state index contributed by atoms with van der Waals surface area (Å²) in [5.74, 6) is -0.133. The van der Waals surface area contributed by atoms with Crippen LogP contribution in [0.15, 0.2) is 42.5 Å². The highest BCUT2D eigenvalue weighted by molar-refractivity contribution is 6.32. The molecule has 0 aliphatic carbocycles. The number of aliphatic hydroxyl groups excluding tert-OH is 1. The minimum Gasteiger partial charge on any atom is -0.388 e. The highest BCUT2D eigenvalue weighted by Crippen LogP contribution is 2.26. The largest absolute Gasteiger partial charge is 0.388 e. The molecule has 2 aromatic carbocycles. The van der Waals surface area contributed by atoms with Gasteiger partial charge in [-0.2, -0.15) is 5.26 Å². The van der Waals surface area contributed by atoms with E-state index in [0.717, 1.165) is 11.1 Å². The molecule has 1 amide bonds. The summed E-state index contributed by atoms with van der Waals surface area (Å²) < 4.78 is 5.27. The Bertz CT molecular complexity index is 845. The molecule has 1 N–H and O–H groups in total. The lowest BCUT2D eigenvalue weighted by Crippen LogP contribution is -2.46. The number of carbonyl (C=O) groups excluding carboxylic acids is 1. The molecule has 0 radical (unpaired) electrons. The summed E-state index contributed by atoms with van der Waals surface area (Å²) in [5.41, 5.74) is 2.76. The number of ether oxygens (including phenoxy) is 1. The molecule has 1 heterocycles. The lowest BCUT2D eigenvalue weighted by molar-refractivity contribution is 0.0520. The van der Waals surface area contributed by atoms with E-state index in [1.807, 2.05) is 31.2 Å². The smallest absolute Gasteiger partial charge is 0.254 e. The van der Waals surface area contributed by atoms with E-state index in [1.165, 1.54) is 0 Å². The van der Waals surface area contributed by atoms with Crippen LogP contribution in [-0.4, -0.2) is 47.8 Å². The number of likely N-dealkylation sites (N-methyl/N-ethyl adjacent to an activating group) is 1. The number of nitrogens with zero attached hydrogens (tertiary/aromatic N) is 2. The molecule has 0 spiro atoms. The first-order valence-electron chi connectivity index (χ1n) is 8.42. The summed E-state index contributed by atoms with van der Waals surface area (Å²) in [6.45, 7) is 2.99. The van der Waals surface area contributed by atoms with Crippen LogP contribution in [0.5, 0.6) is 0 Å². The van der Waals surface area contributed by atoms with E-state index < -0.39 is 6.10 Å². The van der Waals surface area contributed by atoms with E-state index >= 15 is 0 Å². The van der Waals surface area contributed by atoms with E-state index in [2.05, 4.69) is 0 Å². The standard InChI is InChI=1S/C20H19ClN2O3/c1-2-23(18-11-26-12-19(18)24)20(25)14-5-3-13(4-6-14)15-7-8-16(10-22)17(21)9-15/h3-9,18-19,24H,2,11-12H2,1H3/t18-,19-/m0/s1. The summed E-state index contributed by atoms with van der Waals surface area (Å²) in [4.78, 5) is 14.4. The Labute approximate surface area is 157 Å². The Balaban J connectivity index is 1.81. The first-order chi connectivity index (χ1) is 12.5. The molecule has 134 valence electrons. The number of halogens is 1. The van der Waals surface area contributed by atoms with Gasteiger partial charge in [0.1, 0.15) is 6.07 Å². The monoisotopic (exact) mass is 370 g/mol. The number of aliphatic hydroxyl groups is 1. The maximum Gasteiger partial charge on any atom is 0.254 e. The van der Waals surface area contributed by atoms with Gasteiger partial charge in [-0.3, -0.25) is 4.79 Å². The van der Waals surface area contributed by atoms with Crippen molar-refractivity contribution in [3.63, 3.8) is 0 Å². The van der Waals surface area contributed by atoms with Gasteiger partial charge < -0.3 is 14.7 Å². The van der Waals surface area contributed by atoms with Crippen LogP contribution in [0.3, 0.4) is 0 Å². The van der Waals surface area contributed by atoms with Gasteiger partial charge in [0.05, 0.1) is 35.9 Å². The van der Waals surface area contributed by atoms with Gasteiger partial charge in [0.25, 0.3) is 5.91 Å². The van der Waals surface area contributed by atoms with Crippen molar-refractivity contribution in [2.45, 2.75) is 19.1 Å². The second kappa shape index (κ2) is 7.88. The normalized spacial score (nSPS) is 19.2. The molecule has 3 rings (SSSR count). The topological polar surface area (TPSA) is 73.6 Å². The molecule has 1 aliphatic rings. The van der Waals surface area contributed by atoms with Gasteiger partial charge >= 0.3 is 0 Å². The Morgan fingerprint density at radius 1 is 1.27 bits per heavy atom. The first-order valence-corrected chi connectivity index (χ1v) is 8.79. The number of carbonyl (C=O) groups is 1. The minimum absolute atomic E-state index is 0.133. The van der Waals surface area contributed by atoms with Crippen LogP contribution in [0.4, 0.5) is 0 Å². The highest BCUT2D eigenvalue weighted by Gasteiger charge is 2.34. The second-order valence-corrected chi connectivity index (χ2v) is 6.55. The second-order valence-electron chi connectivity index (χ2n) is 6.15. The van der Waals surface area contributed by atoms with Gasteiger partial charge in [0.15, 0.2) is 0 Å². The van der Waals surface area contributed by atoms with Crippen molar-refractivity contribution in [1.82, 2.24) is 4.90 Å². The predicted molar refractivity (Wildman–Crippen MR) is 98.9 cm³/mol. The molecule has 1 fully saturated rings. The molecule has 6 heteroatoms. The molecule has 1 aliphatic heterocycles. The third kappa shape index (κ3) is 3.58. The van der Waals surface area contributed by atoms with Gasteiger partial charge in [-0.25, -0.2) is 0 Å². The average Bonchev–Trinajstić information content (AvgIpc) is 3.08. The summed E-state index contributed by atoms with van der Waals surface area (Å²) in [6, 6.07) is 14.2. The van der Waals surface area contributed by atoms with E-state index in [0.29, 0.717) is 29.3 Å². The number of amides is 1. The predicted octanol–water partition coefficient (Wildman–Crippen LogP) is 3.10. The van der Waals surface area contributed by atoms with E-state index in [1.54, 1.807) is 29.2 Å². The fourth-order valence-electron chi connectivity index (χ4n) is 3.11. The summed E-state index contributed by atoms with van der Waals surface area (Å²) in [6.07, 6.45) is -0.654. The molecule has 0 bridgehead atoms. The Kier molecular flexibility index (Phi) is 5.58. The third-order valence-electron chi connectivity index (χ3n) is 4.58. The number of hydrogen-bond acceptors (Lipinski definition) is 4. The molecule has 0 saturated carbocycles. The van der Waals surface area contributed by atoms with Crippen molar-refractivity contribution in [2.24, 2.45) is 0 Å². The van der Waals surface area contributed by atoms with E-state index in [4.69, 9.17) is 21.6 Å². The fraction of sp³-hybridized carbons (Fsp3) is 0.300. The minimum atomic E-state index is -0.654. The fourth-order valence-corrected chi connectivity index (χ4v) is 3.34. The van der Waals surface area contributed by atoms with Crippen molar-refractivity contribution in [3.8, 4) is 17.2 Å². The van der Waals surface area contributed by atoms with Crippen LogP contribution in [0.1, 0.15) is 22.8 Å². The molecule has 0 unspecified atom stereocenters. The Morgan fingerprint density at radius 2 is 1.96 bits per heavy atom. The average molecular weight is 371 g/mol. The zero-order chi connectivity index (χ0) is 18.7. The van der Waals surface area contributed by atoms with Gasteiger partial charge in [-0.05, 0) is 42.3 Å². The van der Waals surface area contributed by atoms with Crippen molar-refractivity contribution < 1.29 is 14.6 Å². The molecule has 2 atom stereocenters. The first kappa shape index (κ1) is 18.4. The van der Waals surface area contributed by atoms with E-state index in [-0.39, 0.29) is 18.6 Å².